The summed E-state index contributed by atoms with van der Waals surface area (Å²) >= 11 is 3.30. The fourth-order valence-electron chi connectivity index (χ4n) is 2.23. The van der Waals surface area contributed by atoms with Crippen LogP contribution in [0.25, 0.3) is 0 Å². The van der Waals surface area contributed by atoms with Gasteiger partial charge in [-0.1, -0.05) is 41.9 Å². The van der Waals surface area contributed by atoms with E-state index >= 15 is 0 Å². The van der Waals surface area contributed by atoms with Crippen LogP contribution in [0.1, 0.15) is 32.3 Å². The van der Waals surface area contributed by atoms with Crippen LogP contribution in [0.3, 0.4) is 0 Å². The molecule has 1 aromatic carbocycles. The molecule has 0 atom stereocenters. The normalized spacial score (nSPS) is 11.7. The molecule has 0 aliphatic rings. The monoisotopic (exact) mass is 426 g/mol. The molecule has 1 aromatic rings. The smallest absolute Gasteiger partial charge is 0.235 e. The Morgan fingerprint density at radius 3 is 2.39 bits per heavy atom. The number of rotatable bonds is 8. The molecule has 5 nitrogen and oxygen atoms in total. The van der Waals surface area contributed by atoms with Gasteiger partial charge in [-0.05, 0) is 30.5 Å². The highest BCUT2D eigenvalue weighted by Crippen LogP contribution is 2.16. The molecule has 8 heteroatoms. The number of hydrogen-bond acceptors (Lipinski definition) is 4. The van der Waals surface area contributed by atoms with E-state index in [0.717, 1.165) is 4.47 Å². The van der Waals surface area contributed by atoms with Crippen LogP contribution < -0.4 is 11.1 Å². The van der Waals surface area contributed by atoms with Crippen LogP contribution in [-0.4, -0.2) is 32.2 Å². The second-order valence-corrected chi connectivity index (χ2v) is 8.38. The Balaban J connectivity index is 0.00000484. The van der Waals surface area contributed by atoms with Crippen LogP contribution >= 0.6 is 28.3 Å². The number of nitrogens with two attached hydrogens (primary N) is 1. The molecule has 23 heavy (non-hydrogen) atoms. The Hall–Kier alpha value is -0.630. The maximum atomic E-state index is 12.2. The molecule has 1 amide bonds. The Morgan fingerprint density at radius 1 is 1.30 bits per heavy atom. The van der Waals surface area contributed by atoms with Crippen molar-refractivity contribution in [1.29, 1.82) is 0 Å². The van der Waals surface area contributed by atoms with E-state index in [1.807, 2.05) is 19.9 Å². The maximum Gasteiger partial charge on any atom is 0.235 e. The van der Waals surface area contributed by atoms with Crippen molar-refractivity contribution in [3.05, 3.63) is 34.3 Å². The number of carbonyl (C=O) groups excluding carboxylic acids is 1. The lowest BCUT2D eigenvalue weighted by molar-refractivity contribution is -0.120. The zero-order chi connectivity index (χ0) is 16.8. The van der Waals surface area contributed by atoms with E-state index in [9.17, 15) is 13.2 Å². The van der Waals surface area contributed by atoms with Crippen molar-refractivity contribution in [3.63, 3.8) is 0 Å². The zero-order valence-corrected chi connectivity index (χ0v) is 16.6. The summed E-state index contributed by atoms with van der Waals surface area (Å²) in [6.45, 7) is 4.14. The molecule has 0 saturated carbocycles. The van der Waals surface area contributed by atoms with E-state index in [1.165, 1.54) is 0 Å². The van der Waals surface area contributed by atoms with Gasteiger partial charge in [0.2, 0.25) is 5.91 Å². The lowest BCUT2D eigenvalue weighted by Crippen LogP contribution is -2.54. The molecule has 132 valence electrons. The Labute approximate surface area is 152 Å². The van der Waals surface area contributed by atoms with Gasteiger partial charge in [-0.25, -0.2) is 8.42 Å². The third-order valence-corrected chi connectivity index (χ3v) is 5.74. The fraction of sp³-hybridized carbons (Fsp3) is 0.533. The summed E-state index contributed by atoms with van der Waals surface area (Å²) < 4.78 is 25.1. The standard InChI is InChI=1S/C15H23BrN2O3S.ClH/c1-3-15(4-2,11-17)18-14(19)10-22(20,21)9-12-6-5-7-13(16)8-12;/h5-8H,3-4,9-11,17H2,1-2H3,(H,18,19);1H. The first kappa shape index (κ1) is 22.4. The predicted molar refractivity (Wildman–Crippen MR) is 99.4 cm³/mol. The minimum atomic E-state index is -3.52. The molecule has 0 aliphatic heterocycles. The number of nitrogens with one attached hydrogen (secondary N) is 1. The van der Waals surface area contributed by atoms with Crippen molar-refractivity contribution in [2.45, 2.75) is 38.0 Å². The summed E-state index contributed by atoms with van der Waals surface area (Å²) in [4.78, 5) is 12.1. The summed E-state index contributed by atoms with van der Waals surface area (Å²) in [6.07, 6.45) is 1.33. The Kier molecular flexibility index (Phi) is 9.35. The zero-order valence-electron chi connectivity index (χ0n) is 13.3. The third kappa shape index (κ3) is 7.20. The molecular formula is C15H24BrClN2O3S. The van der Waals surface area contributed by atoms with Crippen LogP contribution in [0.5, 0.6) is 0 Å². The first-order chi connectivity index (χ1) is 10.3. The molecule has 0 saturated heterocycles. The molecule has 0 radical (unpaired) electrons. The van der Waals surface area contributed by atoms with Crippen molar-refractivity contribution >= 4 is 44.1 Å². The topological polar surface area (TPSA) is 89.3 Å². The highest BCUT2D eigenvalue weighted by Gasteiger charge is 2.28. The minimum absolute atomic E-state index is 0. The molecule has 0 heterocycles. The number of sulfone groups is 1. The van der Waals surface area contributed by atoms with E-state index < -0.39 is 27.0 Å². The lowest BCUT2D eigenvalue weighted by atomic mass is 9.93. The van der Waals surface area contributed by atoms with Crippen LogP contribution in [0.15, 0.2) is 28.7 Å². The van der Waals surface area contributed by atoms with Crippen LogP contribution in [0.4, 0.5) is 0 Å². The molecule has 3 N–H and O–H groups in total. The van der Waals surface area contributed by atoms with Gasteiger partial charge in [-0.3, -0.25) is 4.79 Å². The van der Waals surface area contributed by atoms with Gasteiger partial charge in [0.1, 0.15) is 5.75 Å². The average molecular weight is 428 g/mol. The van der Waals surface area contributed by atoms with Crippen LogP contribution in [-0.2, 0) is 20.4 Å². The molecular weight excluding hydrogens is 404 g/mol. The molecule has 0 fully saturated rings. The van der Waals surface area contributed by atoms with E-state index in [0.29, 0.717) is 18.4 Å². The van der Waals surface area contributed by atoms with Crippen LogP contribution in [0.2, 0.25) is 0 Å². The van der Waals surface area contributed by atoms with Crippen molar-refractivity contribution in [2.75, 3.05) is 12.3 Å². The number of halogens is 2. The van der Waals surface area contributed by atoms with E-state index in [1.54, 1.807) is 18.2 Å². The van der Waals surface area contributed by atoms with Crippen LogP contribution in [0, 0.1) is 0 Å². The summed E-state index contributed by atoms with van der Waals surface area (Å²) in [5.41, 5.74) is 5.84. The van der Waals surface area contributed by atoms with Gasteiger partial charge in [-0.2, -0.15) is 0 Å². The van der Waals surface area contributed by atoms with Crippen molar-refractivity contribution < 1.29 is 13.2 Å². The third-order valence-electron chi connectivity index (χ3n) is 3.78. The Bertz CT molecular complexity index is 611. The van der Waals surface area contributed by atoms with E-state index in [4.69, 9.17) is 5.73 Å². The summed E-state index contributed by atoms with van der Waals surface area (Å²) in [6, 6.07) is 7.05. The van der Waals surface area contributed by atoms with Gasteiger partial charge in [0.05, 0.1) is 11.3 Å². The summed E-state index contributed by atoms with van der Waals surface area (Å²) in [5, 5.41) is 2.78. The van der Waals surface area contributed by atoms with Crippen molar-refractivity contribution in [3.8, 4) is 0 Å². The first-order valence-corrected chi connectivity index (χ1v) is 9.83. The number of hydrogen-bond donors (Lipinski definition) is 2. The number of amides is 1. The van der Waals surface area contributed by atoms with Crippen molar-refractivity contribution in [2.24, 2.45) is 5.73 Å². The van der Waals surface area contributed by atoms with E-state index in [-0.39, 0.29) is 24.7 Å². The second kappa shape index (κ2) is 9.61. The van der Waals surface area contributed by atoms with Gasteiger partial charge in [-0.15, -0.1) is 12.4 Å². The van der Waals surface area contributed by atoms with Gasteiger partial charge >= 0.3 is 0 Å². The first-order valence-electron chi connectivity index (χ1n) is 7.22. The number of carbonyl (C=O) groups is 1. The van der Waals surface area contributed by atoms with E-state index in [2.05, 4.69) is 21.2 Å². The molecule has 1 rings (SSSR count). The molecule has 0 aliphatic carbocycles. The minimum Gasteiger partial charge on any atom is -0.349 e. The predicted octanol–water partition coefficient (Wildman–Crippen LogP) is 2.42. The molecule has 0 bridgehead atoms. The largest absolute Gasteiger partial charge is 0.349 e. The summed E-state index contributed by atoms with van der Waals surface area (Å²) in [5.74, 6) is -1.18. The average Bonchev–Trinajstić information content (AvgIpc) is 2.43. The second-order valence-electron chi connectivity index (χ2n) is 5.40. The summed E-state index contributed by atoms with van der Waals surface area (Å²) in [7, 11) is -3.52. The van der Waals surface area contributed by atoms with Crippen molar-refractivity contribution in [1.82, 2.24) is 5.32 Å². The Morgan fingerprint density at radius 2 is 1.91 bits per heavy atom. The van der Waals surface area contributed by atoms with Gasteiger partial charge in [0, 0.05) is 11.0 Å². The molecule has 0 unspecified atom stereocenters. The quantitative estimate of drug-likeness (QED) is 0.667. The van der Waals surface area contributed by atoms with Gasteiger partial charge in [0.25, 0.3) is 0 Å². The van der Waals surface area contributed by atoms with Gasteiger partial charge < -0.3 is 11.1 Å². The molecule has 0 aromatic heterocycles. The lowest BCUT2D eigenvalue weighted by Gasteiger charge is -2.31. The molecule has 0 spiro atoms. The highest BCUT2D eigenvalue weighted by atomic mass is 79.9. The highest BCUT2D eigenvalue weighted by molar-refractivity contribution is 9.10. The SMILES string of the molecule is CCC(CC)(CN)NC(=O)CS(=O)(=O)Cc1cccc(Br)c1.Cl. The number of benzene rings is 1. The maximum absolute atomic E-state index is 12.2. The fourth-order valence-corrected chi connectivity index (χ4v) is 3.94. The van der Waals surface area contributed by atoms with Gasteiger partial charge in [0.15, 0.2) is 9.84 Å².